The van der Waals surface area contributed by atoms with Crippen LogP contribution >= 0.6 is 0 Å². The zero-order valence-electron chi connectivity index (χ0n) is 19.7. The molecule has 174 valence electrons. The van der Waals surface area contributed by atoms with Crippen LogP contribution in [0.1, 0.15) is 60.5 Å². The van der Waals surface area contributed by atoms with Crippen LogP contribution in [-0.4, -0.2) is 47.7 Å². The number of fused-ring (bicyclic) bond motifs is 1. The molecule has 8 heteroatoms. The molecule has 0 bridgehead atoms. The first-order valence-electron chi connectivity index (χ1n) is 11.1. The van der Waals surface area contributed by atoms with Gasteiger partial charge >= 0.3 is 11.9 Å². The molecule has 1 aromatic carbocycles. The van der Waals surface area contributed by atoms with Crippen molar-refractivity contribution in [3.63, 3.8) is 0 Å². The van der Waals surface area contributed by atoms with Crippen molar-refractivity contribution in [1.82, 2.24) is 9.61 Å². The Morgan fingerprint density at radius 3 is 2.12 bits per heavy atom. The highest BCUT2D eigenvalue weighted by atomic mass is 16.5. The second kappa shape index (κ2) is 10.3. The molecule has 3 rings (SSSR count). The topological polar surface area (TPSA) is 90.2 Å². The van der Waals surface area contributed by atoms with Gasteiger partial charge in [-0.05, 0) is 31.9 Å². The fourth-order valence-corrected chi connectivity index (χ4v) is 3.75. The van der Waals surface area contributed by atoms with Crippen LogP contribution in [-0.2, 0) is 20.7 Å². The summed E-state index contributed by atoms with van der Waals surface area (Å²) in [6, 6.07) is 11.2. The summed E-state index contributed by atoms with van der Waals surface area (Å²) in [5.41, 5.74) is 2.75. The van der Waals surface area contributed by atoms with E-state index in [2.05, 4.69) is 5.10 Å². The lowest BCUT2D eigenvalue weighted by molar-refractivity contribution is -0.116. The first-order chi connectivity index (χ1) is 15.8. The summed E-state index contributed by atoms with van der Waals surface area (Å²) in [4.78, 5) is 39.8. The average molecular weight is 452 g/mol. The predicted molar refractivity (Wildman–Crippen MR) is 126 cm³/mol. The van der Waals surface area contributed by atoms with Crippen molar-refractivity contribution < 1.29 is 23.9 Å². The number of ether oxygens (including phenoxy) is 2. The van der Waals surface area contributed by atoms with Gasteiger partial charge in [0, 0.05) is 19.5 Å². The number of esters is 2. The van der Waals surface area contributed by atoms with E-state index in [9.17, 15) is 14.4 Å². The van der Waals surface area contributed by atoms with Gasteiger partial charge in [-0.15, -0.1) is 5.10 Å². The number of anilines is 1. The lowest BCUT2D eigenvalue weighted by Crippen LogP contribution is -2.25. The molecule has 0 spiro atoms. The molecule has 0 unspecified atom stereocenters. The van der Waals surface area contributed by atoms with Gasteiger partial charge in [0.05, 0.1) is 30.0 Å². The fraction of sp³-hybridized carbons (Fsp3) is 0.360. The molecule has 0 saturated heterocycles. The maximum atomic E-state index is 13.2. The molecule has 0 saturated carbocycles. The number of carbonyl (C=O) groups is 3. The van der Waals surface area contributed by atoms with E-state index in [1.54, 1.807) is 31.5 Å². The third-order valence-corrected chi connectivity index (χ3v) is 5.32. The van der Waals surface area contributed by atoms with E-state index < -0.39 is 11.9 Å². The molecule has 3 aromatic rings. The molecule has 0 N–H and O–H groups in total. The normalized spacial score (nSPS) is 10.8. The van der Waals surface area contributed by atoms with Crippen LogP contribution in [0.15, 0.2) is 36.4 Å². The van der Waals surface area contributed by atoms with Gasteiger partial charge in [0.25, 0.3) is 0 Å². The van der Waals surface area contributed by atoms with Gasteiger partial charge in [0.1, 0.15) is 5.56 Å². The van der Waals surface area contributed by atoms with Crippen molar-refractivity contribution in [3.8, 4) is 11.1 Å². The summed E-state index contributed by atoms with van der Waals surface area (Å²) in [5.74, 6) is -1.02. The Labute approximate surface area is 193 Å². The summed E-state index contributed by atoms with van der Waals surface area (Å²) in [5, 5.41) is 4.67. The SMILES string of the molecule is CCCc1c(C(=O)OCC)c(C(=O)OCC)c2c(-c3ccccc3)cc(N(C)C(C)=O)nn12. The molecule has 33 heavy (non-hydrogen) atoms. The zero-order chi connectivity index (χ0) is 24.1. The van der Waals surface area contributed by atoms with E-state index >= 15 is 0 Å². The Kier molecular flexibility index (Phi) is 7.48. The van der Waals surface area contributed by atoms with Crippen LogP contribution in [0.3, 0.4) is 0 Å². The minimum absolute atomic E-state index is 0.127. The van der Waals surface area contributed by atoms with Gasteiger partial charge in [0.2, 0.25) is 5.91 Å². The van der Waals surface area contributed by atoms with Gasteiger partial charge < -0.3 is 9.47 Å². The molecule has 0 aliphatic heterocycles. The summed E-state index contributed by atoms with van der Waals surface area (Å²) in [6.45, 7) is 7.16. The number of hydrogen-bond donors (Lipinski definition) is 0. The highest BCUT2D eigenvalue weighted by Gasteiger charge is 2.32. The van der Waals surface area contributed by atoms with E-state index in [1.807, 2.05) is 37.3 Å². The van der Waals surface area contributed by atoms with E-state index in [4.69, 9.17) is 9.47 Å². The average Bonchev–Trinajstić information content (AvgIpc) is 3.13. The smallest absolute Gasteiger partial charge is 0.341 e. The Balaban J connectivity index is 2.53. The van der Waals surface area contributed by atoms with Gasteiger partial charge in [-0.25, -0.2) is 14.1 Å². The zero-order valence-corrected chi connectivity index (χ0v) is 19.7. The molecule has 0 aliphatic rings. The molecule has 2 heterocycles. The molecular weight excluding hydrogens is 422 g/mol. The lowest BCUT2D eigenvalue weighted by Gasteiger charge is -2.17. The van der Waals surface area contributed by atoms with Crippen molar-refractivity contribution >= 4 is 29.2 Å². The lowest BCUT2D eigenvalue weighted by atomic mass is 10.0. The van der Waals surface area contributed by atoms with Crippen LogP contribution in [0.2, 0.25) is 0 Å². The molecule has 0 aliphatic carbocycles. The Hall–Kier alpha value is -3.68. The largest absolute Gasteiger partial charge is 0.462 e. The quantitative estimate of drug-likeness (QED) is 0.475. The Bertz CT molecular complexity index is 1180. The fourth-order valence-electron chi connectivity index (χ4n) is 3.75. The van der Waals surface area contributed by atoms with E-state index in [1.165, 1.54) is 11.8 Å². The molecule has 0 radical (unpaired) electrons. The minimum Gasteiger partial charge on any atom is -0.462 e. The number of rotatable bonds is 8. The highest BCUT2D eigenvalue weighted by molar-refractivity contribution is 6.12. The van der Waals surface area contributed by atoms with Crippen LogP contribution < -0.4 is 4.90 Å². The summed E-state index contributed by atoms with van der Waals surface area (Å²) < 4.78 is 12.3. The van der Waals surface area contributed by atoms with Crippen LogP contribution in [0.5, 0.6) is 0 Å². The van der Waals surface area contributed by atoms with Crippen molar-refractivity contribution in [2.45, 2.75) is 40.5 Å². The third-order valence-electron chi connectivity index (χ3n) is 5.32. The van der Waals surface area contributed by atoms with Gasteiger partial charge in [-0.3, -0.25) is 9.69 Å². The third kappa shape index (κ3) is 4.60. The van der Waals surface area contributed by atoms with Crippen LogP contribution in [0, 0.1) is 0 Å². The van der Waals surface area contributed by atoms with Gasteiger partial charge in [-0.1, -0.05) is 43.7 Å². The maximum Gasteiger partial charge on any atom is 0.341 e. The second-order valence-corrected chi connectivity index (χ2v) is 7.51. The van der Waals surface area contributed by atoms with E-state index in [0.717, 1.165) is 5.56 Å². The summed E-state index contributed by atoms with van der Waals surface area (Å²) in [6.07, 6.45) is 1.18. The van der Waals surface area contributed by atoms with Gasteiger partial charge in [0.15, 0.2) is 5.82 Å². The Morgan fingerprint density at radius 1 is 0.970 bits per heavy atom. The number of nitrogens with zero attached hydrogens (tertiary/aromatic N) is 3. The predicted octanol–water partition coefficient (Wildman–Crippen LogP) is 4.29. The van der Waals surface area contributed by atoms with Crippen molar-refractivity contribution in [1.29, 1.82) is 0 Å². The maximum absolute atomic E-state index is 13.2. The minimum atomic E-state index is -0.618. The van der Waals surface area contributed by atoms with Crippen molar-refractivity contribution in [2.75, 3.05) is 25.2 Å². The molecule has 0 fully saturated rings. The number of carbonyl (C=O) groups excluding carboxylic acids is 3. The molecule has 0 atom stereocenters. The first-order valence-corrected chi connectivity index (χ1v) is 11.1. The number of benzene rings is 1. The van der Waals surface area contributed by atoms with Crippen LogP contribution in [0.4, 0.5) is 5.82 Å². The van der Waals surface area contributed by atoms with Crippen molar-refractivity contribution in [3.05, 3.63) is 53.2 Å². The first kappa shape index (κ1) is 24.0. The monoisotopic (exact) mass is 451 g/mol. The van der Waals surface area contributed by atoms with E-state index in [0.29, 0.717) is 35.4 Å². The Morgan fingerprint density at radius 2 is 1.58 bits per heavy atom. The molecule has 2 aromatic heterocycles. The number of aryl methyl sites for hydroxylation is 1. The number of amides is 1. The molecule has 8 nitrogen and oxygen atoms in total. The van der Waals surface area contributed by atoms with E-state index in [-0.39, 0.29) is 30.2 Å². The number of aromatic nitrogens is 2. The van der Waals surface area contributed by atoms with Crippen molar-refractivity contribution in [2.24, 2.45) is 0 Å². The summed E-state index contributed by atoms with van der Waals surface area (Å²) >= 11 is 0. The highest BCUT2D eigenvalue weighted by Crippen LogP contribution is 2.35. The standard InChI is InChI=1S/C25H29N3O5/c1-6-12-19-21(24(30)32-7-2)22(25(31)33-8-3)23-18(17-13-10-9-11-14-17)15-20(26-28(19)23)27(5)16(4)29/h9-11,13-15H,6-8,12H2,1-5H3. The van der Waals surface area contributed by atoms with Gasteiger partial charge in [-0.2, -0.15) is 0 Å². The molecular formula is C25H29N3O5. The van der Waals surface area contributed by atoms with Crippen LogP contribution in [0.25, 0.3) is 16.6 Å². The number of hydrogen-bond acceptors (Lipinski definition) is 6. The summed E-state index contributed by atoms with van der Waals surface area (Å²) in [7, 11) is 1.63. The second-order valence-electron chi connectivity index (χ2n) is 7.51. The molecule has 1 amide bonds.